The van der Waals surface area contributed by atoms with E-state index < -0.39 is 28.3 Å². The number of carbonyl (C=O) groups is 1. The van der Waals surface area contributed by atoms with Gasteiger partial charge in [-0.15, -0.1) is 5.10 Å². The zero-order chi connectivity index (χ0) is 23.3. The van der Waals surface area contributed by atoms with E-state index in [2.05, 4.69) is 15.0 Å². The summed E-state index contributed by atoms with van der Waals surface area (Å²) in [6.07, 6.45) is 4.09. The van der Waals surface area contributed by atoms with Gasteiger partial charge in [-0.2, -0.15) is 4.68 Å². The lowest BCUT2D eigenvalue weighted by atomic mass is 10.2. The number of sulfonamides is 1. The van der Waals surface area contributed by atoms with Crippen LogP contribution >= 0.6 is 0 Å². The highest BCUT2D eigenvalue weighted by molar-refractivity contribution is 7.89. The average molecular weight is 466 g/mol. The SMILES string of the molecule is O=C(/C=C/c1ccc(S(=O)(=O)NCc2ccco2)cc1)OCn1nnc2ccccc2c1=O. The first-order valence-electron chi connectivity index (χ1n) is 9.72. The molecule has 10 nitrogen and oxygen atoms in total. The molecule has 2 aromatic heterocycles. The van der Waals surface area contributed by atoms with Crippen LogP contribution in [0.4, 0.5) is 0 Å². The largest absolute Gasteiger partial charge is 0.468 e. The summed E-state index contributed by atoms with van der Waals surface area (Å²) in [5.74, 6) is -0.206. The second-order valence-corrected chi connectivity index (χ2v) is 8.58. The Labute approximate surface area is 188 Å². The number of ether oxygens (including phenoxy) is 1. The van der Waals surface area contributed by atoms with Crippen LogP contribution in [0, 0.1) is 0 Å². The summed E-state index contributed by atoms with van der Waals surface area (Å²) in [5, 5.41) is 8.03. The fourth-order valence-electron chi connectivity index (χ4n) is 2.87. The number of esters is 1. The Bertz CT molecular complexity index is 1460. The highest BCUT2D eigenvalue weighted by Gasteiger charge is 2.14. The van der Waals surface area contributed by atoms with Crippen LogP contribution in [0.2, 0.25) is 0 Å². The van der Waals surface area contributed by atoms with Crippen molar-refractivity contribution < 1.29 is 22.4 Å². The Morgan fingerprint density at radius 1 is 1.09 bits per heavy atom. The predicted octanol–water partition coefficient (Wildman–Crippen LogP) is 2.08. The van der Waals surface area contributed by atoms with E-state index in [1.54, 1.807) is 48.5 Å². The molecule has 0 bridgehead atoms. The fraction of sp³-hybridized carbons (Fsp3) is 0.0909. The molecule has 11 heteroatoms. The van der Waals surface area contributed by atoms with Gasteiger partial charge in [0.15, 0.2) is 6.73 Å². The zero-order valence-electron chi connectivity index (χ0n) is 17.1. The maximum atomic E-state index is 12.4. The highest BCUT2D eigenvalue weighted by Crippen LogP contribution is 2.13. The minimum atomic E-state index is -3.71. The van der Waals surface area contributed by atoms with Crippen LogP contribution in [0.5, 0.6) is 0 Å². The molecule has 0 saturated carbocycles. The molecule has 0 spiro atoms. The Morgan fingerprint density at radius 2 is 1.88 bits per heavy atom. The summed E-state index contributed by atoms with van der Waals surface area (Å²) < 4.78 is 38.2. The number of hydrogen-bond acceptors (Lipinski definition) is 8. The number of benzene rings is 2. The number of fused-ring (bicyclic) bond motifs is 1. The maximum Gasteiger partial charge on any atom is 0.332 e. The number of carbonyl (C=O) groups excluding carboxylic acids is 1. The smallest absolute Gasteiger partial charge is 0.332 e. The Morgan fingerprint density at radius 3 is 2.64 bits per heavy atom. The van der Waals surface area contributed by atoms with Crippen molar-refractivity contribution in [3.05, 3.63) is 94.7 Å². The van der Waals surface area contributed by atoms with Crippen molar-refractivity contribution in [3.8, 4) is 0 Å². The van der Waals surface area contributed by atoms with Crippen molar-refractivity contribution in [2.24, 2.45) is 0 Å². The molecule has 4 aromatic rings. The van der Waals surface area contributed by atoms with Crippen LogP contribution in [-0.4, -0.2) is 29.4 Å². The topological polar surface area (TPSA) is 133 Å². The normalized spacial score (nSPS) is 11.8. The number of hydrogen-bond donors (Lipinski definition) is 1. The lowest BCUT2D eigenvalue weighted by Crippen LogP contribution is -2.26. The van der Waals surface area contributed by atoms with E-state index in [1.165, 1.54) is 24.5 Å². The molecule has 0 saturated heterocycles. The Kier molecular flexibility index (Phi) is 6.43. The molecular weight excluding hydrogens is 448 g/mol. The molecule has 0 atom stereocenters. The van der Waals surface area contributed by atoms with Crippen molar-refractivity contribution in [1.82, 2.24) is 19.7 Å². The fourth-order valence-corrected chi connectivity index (χ4v) is 3.86. The maximum absolute atomic E-state index is 12.4. The molecule has 0 aliphatic heterocycles. The summed E-state index contributed by atoms with van der Waals surface area (Å²) in [7, 11) is -3.71. The van der Waals surface area contributed by atoms with Crippen molar-refractivity contribution in [3.63, 3.8) is 0 Å². The molecule has 1 N–H and O–H groups in total. The third-order valence-corrected chi connectivity index (χ3v) is 5.99. The second kappa shape index (κ2) is 9.59. The van der Waals surface area contributed by atoms with Gasteiger partial charge in [0.1, 0.15) is 11.3 Å². The van der Waals surface area contributed by atoms with Crippen molar-refractivity contribution in [2.45, 2.75) is 18.2 Å². The summed E-state index contributed by atoms with van der Waals surface area (Å²) in [6, 6.07) is 16.0. The molecular formula is C22H18N4O6S. The molecule has 2 heterocycles. The molecule has 2 aromatic carbocycles. The van der Waals surface area contributed by atoms with Crippen molar-refractivity contribution in [2.75, 3.05) is 0 Å². The number of aromatic nitrogens is 3. The van der Waals surface area contributed by atoms with Gasteiger partial charge in [0.05, 0.1) is 23.1 Å². The Balaban J connectivity index is 1.34. The van der Waals surface area contributed by atoms with Crippen LogP contribution in [0.15, 0.2) is 87.1 Å². The van der Waals surface area contributed by atoms with E-state index in [0.717, 1.165) is 10.8 Å². The molecule has 4 rings (SSSR count). The molecule has 33 heavy (non-hydrogen) atoms. The van der Waals surface area contributed by atoms with Crippen molar-refractivity contribution >= 4 is 33.0 Å². The number of nitrogens with one attached hydrogen (secondary N) is 1. The first-order valence-corrected chi connectivity index (χ1v) is 11.2. The van der Waals surface area contributed by atoms with E-state index in [-0.39, 0.29) is 11.4 Å². The van der Waals surface area contributed by atoms with Gasteiger partial charge >= 0.3 is 5.97 Å². The van der Waals surface area contributed by atoms with E-state index >= 15 is 0 Å². The Hall–Kier alpha value is -4.09. The first kappa shape index (κ1) is 22.1. The average Bonchev–Trinajstić information content (AvgIpc) is 3.35. The minimum absolute atomic E-state index is 0.0352. The van der Waals surface area contributed by atoms with Gasteiger partial charge < -0.3 is 9.15 Å². The van der Waals surface area contributed by atoms with Crippen LogP contribution in [0.25, 0.3) is 17.0 Å². The third kappa shape index (κ3) is 5.40. The number of nitrogens with zero attached hydrogens (tertiary/aromatic N) is 3. The molecule has 0 radical (unpaired) electrons. The van der Waals surface area contributed by atoms with E-state index in [0.29, 0.717) is 22.2 Å². The summed E-state index contributed by atoms with van der Waals surface area (Å²) in [5.41, 5.74) is 0.612. The van der Waals surface area contributed by atoms with Crippen LogP contribution in [0.1, 0.15) is 11.3 Å². The lowest BCUT2D eigenvalue weighted by Gasteiger charge is -2.06. The number of rotatable bonds is 8. The summed E-state index contributed by atoms with van der Waals surface area (Å²) in [6.45, 7) is -0.355. The van der Waals surface area contributed by atoms with Gasteiger partial charge in [0.2, 0.25) is 10.0 Å². The summed E-state index contributed by atoms with van der Waals surface area (Å²) >= 11 is 0. The summed E-state index contributed by atoms with van der Waals surface area (Å²) in [4.78, 5) is 24.4. The van der Waals surface area contributed by atoms with Gasteiger partial charge in [-0.25, -0.2) is 17.9 Å². The van der Waals surface area contributed by atoms with Gasteiger partial charge in [-0.3, -0.25) is 4.79 Å². The monoisotopic (exact) mass is 466 g/mol. The quantitative estimate of drug-likeness (QED) is 0.308. The number of furan rings is 1. The zero-order valence-corrected chi connectivity index (χ0v) is 17.9. The van der Waals surface area contributed by atoms with Crippen LogP contribution in [-0.2, 0) is 32.8 Å². The minimum Gasteiger partial charge on any atom is -0.468 e. The van der Waals surface area contributed by atoms with Crippen LogP contribution < -0.4 is 10.3 Å². The first-order chi connectivity index (χ1) is 15.9. The lowest BCUT2D eigenvalue weighted by molar-refractivity contribution is -0.141. The third-order valence-electron chi connectivity index (χ3n) is 4.58. The molecule has 0 aliphatic rings. The standard InChI is InChI=1S/C22H18N4O6S/c27-21(32-15-26-22(28)19-5-1-2-6-20(19)24-25-26)12-9-16-7-10-18(11-8-16)33(29,30)23-14-17-4-3-13-31-17/h1-13,23H,14-15H2/b12-9+. The van der Waals surface area contributed by atoms with Gasteiger partial charge in [0, 0.05) is 6.08 Å². The molecule has 0 amide bonds. The van der Waals surface area contributed by atoms with E-state index in [9.17, 15) is 18.0 Å². The van der Waals surface area contributed by atoms with Crippen LogP contribution in [0.3, 0.4) is 0 Å². The molecule has 0 unspecified atom stereocenters. The van der Waals surface area contributed by atoms with Crippen molar-refractivity contribution in [1.29, 1.82) is 0 Å². The molecule has 0 aliphatic carbocycles. The molecule has 168 valence electrons. The van der Waals surface area contributed by atoms with E-state index in [1.807, 2.05) is 0 Å². The predicted molar refractivity (Wildman–Crippen MR) is 118 cm³/mol. The van der Waals surface area contributed by atoms with Gasteiger partial charge in [-0.1, -0.05) is 29.5 Å². The van der Waals surface area contributed by atoms with Gasteiger partial charge in [-0.05, 0) is 48.0 Å². The molecule has 0 fully saturated rings. The highest BCUT2D eigenvalue weighted by atomic mass is 32.2. The van der Waals surface area contributed by atoms with Gasteiger partial charge in [0.25, 0.3) is 5.56 Å². The van der Waals surface area contributed by atoms with E-state index in [4.69, 9.17) is 9.15 Å². The second-order valence-electron chi connectivity index (χ2n) is 6.81.